The molecule has 110 valence electrons. The van der Waals surface area contributed by atoms with Gasteiger partial charge in [-0.25, -0.2) is 0 Å². The number of carbonyl (C=O) groups is 1. The van der Waals surface area contributed by atoms with E-state index in [0.717, 1.165) is 16.3 Å². The van der Waals surface area contributed by atoms with Gasteiger partial charge in [-0.2, -0.15) is 8.42 Å². The van der Waals surface area contributed by atoms with E-state index >= 15 is 0 Å². The largest absolute Gasteiger partial charge is 0.311 e. The second-order valence-corrected chi connectivity index (χ2v) is 7.40. The molecule has 1 aliphatic heterocycles. The normalized spacial score (nSPS) is 19.6. The van der Waals surface area contributed by atoms with Gasteiger partial charge in [0.15, 0.2) is 0 Å². The number of thioether (sulfide) groups is 1. The summed E-state index contributed by atoms with van der Waals surface area (Å²) in [5.74, 6) is -0.334. The number of para-hydroxylation sites is 1. The van der Waals surface area contributed by atoms with Crippen molar-refractivity contribution in [3.8, 4) is 0 Å². The molecule has 0 radical (unpaired) electrons. The summed E-state index contributed by atoms with van der Waals surface area (Å²) < 4.78 is 34.1. The van der Waals surface area contributed by atoms with Gasteiger partial charge in [-0.3, -0.25) is 4.79 Å². The van der Waals surface area contributed by atoms with Crippen LogP contribution in [0.4, 0.5) is 9.57 Å². The van der Waals surface area contributed by atoms with E-state index in [1.54, 1.807) is 16.7 Å². The van der Waals surface area contributed by atoms with E-state index in [-0.39, 0.29) is 18.9 Å². The first-order chi connectivity index (χ1) is 9.40. The van der Waals surface area contributed by atoms with Crippen LogP contribution in [0.3, 0.4) is 0 Å². The van der Waals surface area contributed by atoms with Crippen molar-refractivity contribution >= 4 is 33.6 Å². The summed E-state index contributed by atoms with van der Waals surface area (Å²) in [7, 11) is -4.54. The van der Waals surface area contributed by atoms with Gasteiger partial charge < -0.3 is 4.90 Å². The fourth-order valence-electron chi connectivity index (χ4n) is 2.37. The Bertz CT molecular complexity index is 603. The molecule has 0 spiro atoms. The summed E-state index contributed by atoms with van der Waals surface area (Å²) in [6, 6.07) is 7.49. The van der Waals surface area contributed by atoms with Gasteiger partial charge in [0.2, 0.25) is 5.91 Å². The number of benzene rings is 1. The van der Waals surface area contributed by atoms with Gasteiger partial charge in [-0.1, -0.05) is 19.1 Å². The molecule has 0 aliphatic carbocycles. The highest BCUT2D eigenvalue weighted by atomic mass is 32.3. The minimum Gasteiger partial charge on any atom is -0.311 e. The Morgan fingerprint density at radius 2 is 2.10 bits per heavy atom. The highest BCUT2D eigenvalue weighted by Gasteiger charge is 2.34. The van der Waals surface area contributed by atoms with Gasteiger partial charge >= 0.3 is 10.2 Å². The van der Waals surface area contributed by atoms with Crippen molar-refractivity contribution in [1.29, 1.82) is 0 Å². The van der Waals surface area contributed by atoms with Gasteiger partial charge in [0.25, 0.3) is 0 Å². The molecule has 4 nitrogen and oxygen atoms in total. The van der Waals surface area contributed by atoms with E-state index in [1.165, 1.54) is 0 Å². The maximum absolute atomic E-state index is 12.7. The lowest BCUT2D eigenvalue weighted by Gasteiger charge is -2.19. The number of rotatable bonds is 5. The number of hydrogen-bond acceptors (Lipinski definition) is 4. The summed E-state index contributed by atoms with van der Waals surface area (Å²) >= 11 is 1.62. The zero-order valence-electron chi connectivity index (χ0n) is 11.1. The summed E-state index contributed by atoms with van der Waals surface area (Å²) in [4.78, 5) is 14.6. The minimum atomic E-state index is -4.54. The quantitative estimate of drug-likeness (QED) is 0.618. The zero-order chi connectivity index (χ0) is 14.8. The summed E-state index contributed by atoms with van der Waals surface area (Å²) in [5, 5.41) is 0. The Morgan fingerprint density at radius 3 is 2.75 bits per heavy atom. The monoisotopic (exact) mass is 317 g/mol. The van der Waals surface area contributed by atoms with Gasteiger partial charge in [-0.15, -0.1) is 15.6 Å². The molecule has 1 fully saturated rings. The van der Waals surface area contributed by atoms with E-state index in [4.69, 9.17) is 0 Å². The molecule has 1 amide bonds. The molecule has 0 saturated carbocycles. The van der Waals surface area contributed by atoms with Crippen molar-refractivity contribution in [3.05, 3.63) is 24.3 Å². The van der Waals surface area contributed by atoms with Crippen LogP contribution >= 0.6 is 11.8 Å². The predicted molar refractivity (Wildman–Crippen MR) is 78.2 cm³/mol. The molecule has 1 atom stereocenters. The fourth-order valence-corrected chi connectivity index (χ4v) is 3.96. The standard InChI is InChI=1S/C13H16FNO3S2/c1-2-19-12-6-4-3-5-11(12)15-8-10(7-13(15)16)9-20(14,17)18/h3-6,10H,2,7-9H2,1H3. The first kappa shape index (κ1) is 15.3. The maximum Gasteiger partial charge on any atom is 0.302 e. The second kappa shape index (κ2) is 6.13. The Hall–Kier alpha value is -1.08. The first-order valence-corrected chi connectivity index (χ1v) is 8.89. The van der Waals surface area contributed by atoms with Crippen LogP contribution in [-0.2, 0) is 15.0 Å². The van der Waals surface area contributed by atoms with Crippen LogP contribution in [0.25, 0.3) is 0 Å². The molecule has 1 saturated heterocycles. The van der Waals surface area contributed by atoms with Gasteiger partial charge in [-0.05, 0) is 17.9 Å². The summed E-state index contributed by atoms with van der Waals surface area (Å²) in [5.41, 5.74) is 0.781. The van der Waals surface area contributed by atoms with Crippen LogP contribution in [0.1, 0.15) is 13.3 Å². The average Bonchev–Trinajstić information content (AvgIpc) is 2.69. The molecule has 1 heterocycles. The number of halogens is 1. The molecule has 7 heteroatoms. The van der Waals surface area contributed by atoms with Crippen molar-refractivity contribution in [1.82, 2.24) is 0 Å². The van der Waals surface area contributed by atoms with E-state index in [9.17, 15) is 17.1 Å². The van der Waals surface area contributed by atoms with Crippen LogP contribution in [0.15, 0.2) is 29.2 Å². The lowest BCUT2D eigenvalue weighted by molar-refractivity contribution is -0.117. The van der Waals surface area contributed by atoms with E-state index < -0.39 is 21.9 Å². The Labute approximate surface area is 122 Å². The Morgan fingerprint density at radius 1 is 1.40 bits per heavy atom. The number of nitrogens with zero attached hydrogens (tertiary/aromatic N) is 1. The van der Waals surface area contributed by atoms with Crippen molar-refractivity contribution in [3.63, 3.8) is 0 Å². The van der Waals surface area contributed by atoms with Crippen molar-refractivity contribution in [2.75, 3.05) is 23.0 Å². The molecular weight excluding hydrogens is 301 g/mol. The number of anilines is 1. The lowest BCUT2D eigenvalue weighted by atomic mass is 10.1. The van der Waals surface area contributed by atoms with Gasteiger partial charge in [0.1, 0.15) is 0 Å². The number of hydrogen-bond donors (Lipinski definition) is 0. The van der Waals surface area contributed by atoms with Crippen LogP contribution in [0.5, 0.6) is 0 Å². The molecular formula is C13H16FNO3S2. The summed E-state index contributed by atoms with van der Waals surface area (Å²) in [6.45, 7) is 2.27. The van der Waals surface area contributed by atoms with Gasteiger partial charge in [0.05, 0.1) is 11.4 Å². The van der Waals surface area contributed by atoms with Crippen molar-refractivity contribution in [2.45, 2.75) is 18.2 Å². The molecule has 1 aliphatic rings. The first-order valence-electron chi connectivity index (χ1n) is 6.35. The average molecular weight is 317 g/mol. The highest BCUT2D eigenvalue weighted by molar-refractivity contribution is 7.99. The third-order valence-corrected chi connectivity index (χ3v) is 4.91. The van der Waals surface area contributed by atoms with Gasteiger partial charge in [0, 0.05) is 23.8 Å². The highest BCUT2D eigenvalue weighted by Crippen LogP contribution is 2.34. The van der Waals surface area contributed by atoms with E-state index in [2.05, 4.69) is 0 Å². The Kier molecular flexibility index (Phi) is 4.70. The summed E-state index contributed by atoms with van der Waals surface area (Å²) in [6.07, 6.45) is 0.0777. The smallest absolute Gasteiger partial charge is 0.302 e. The number of carbonyl (C=O) groups excluding carboxylic acids is 1. The van der Waals surface area contributed by atoms with E-state index in [1.807, 2.05) is 31.2 Å². The third kappa shape index (κ3) is 3.73. The lowest BCUT2D eigenvalue weighted by Crippen LogP contribution is -2.25. The molecule has 0 bridgehead atoms. The molecule has 0 N–H and O–H groups in total. The number of amides is 1. The third-order valence-electron chi connectivity index (χ3n) is 3.10. The second-order valence-electron chi connectivity index (χ2n) is 4.68. The van der Waals surface area contributed by atoms with Crippen LogP contribution in [0, 0.1) is 5.92 Å². The maximum atomic E-state index is 12.7. The van der Waals surface area contributed by atoms with Crippen molar-refractivity contribution in [2.24, 2.45) is 5.92 Å². The molecule has 1 unspecified atom stereocenters. The Balaban J connectivity index is 2.20. The molecule has 2 rings (SSSR count). The van der Waals surface area contributed by atoms with E-state index in [0.29, 0.717) is 0 Å². The van der Waals surface area contributed by atoms with Crippen LogP contribution < -0.4 is 4.90 Å². The van der Waals surface area contributed by atoms with Crippen molar-refractivity contribution < 1.29 is 17.1 Å². The van der Waals surface area contributed by atoms with Crippen LogP contribution in [-0.4, -0.2) is 32.4 Å². The topological polar surface area (TPSA) is 54.5 Å². The molecule has 1 aromatic rings. The zero-order valence-corrected chi connectivity index (χ0v) is 12.7. The SMILES string of the molecule is CCSc1ccccc1N1CC(CS(=O)(=O)F)CC1=O. The fraction of sp³-hybridized carbons (Fsp3) is 0.462. The molecule has 1 aromatic carbocycles. The molecule has 0 aromatic heterocycles. The van der Waals surface area contributed by atoms with Crippen LogP contribution in [0.2, 0.25) is 0 Å². The minimum absolute atomic E-state index is 0.0777. The molecule has 20 heavy (non-hydrogen) atoms. The predicted octanol–water partition coefficient (Wildman–Crippen LogP) is 2.45.